The molecule has 1 unspecified atom stereocenters. The first-order chi connectivity index (χ1) is 14.8. The first kappa shape index (κ1) is 20.9. The van der Waals surface area contributed by atoms with Crippen LogP contribution < -0.4 is 5.32 Å². The topological polar surface area (TPSA) is 110 Å². The zero-order valence-corrected chi connectivity index (χ0v) is 18.5. The molecular formula is C20H26ClN5O5. The first-order valence-corrected chi connectivity index (χ1v) is 11.0. The average molecular weight is 452 g/mol. The number of hydrogen-bond donors (Lipinski definition) is 1. The smallest absolute Gasteiger partial charge is 0.305 e. The quantitative estimate of drug-likeness (QED) is 0.541. The van der Waals surface area contributed by atoms with Gasteiger partial charge in [-0.05, 0) is 38.3 Å². The van der Waals surface area contributed by atoms with Gasteiger partial charge in [-0.15, -0.1) is 0 Å². The van der Waals surface area contributed by atoms with Crippen LogP contribution in [0, 0.1) is 0 Å². The minimum atomic E-state index is -0.839. The molecule has 0 aromatic carbocycles. The van der Waals surface area contributed by atoms with Gasteiger partial charge < -0.3 is 24.3 Å². The Balaban J connectivity index is 1.41. The molecule has 0 radical (unpaired) electrons. The molecular weight excluding hydrogens is 426 g/mol. The number of esters is 1. The molecule has 4 atom stereocenters. The summed E-state index contributed by atoms with van der Waals surface area (Å²) in [6.45, 7) is 5.32. The fourth-order valence-corrected chi connectivity index (χ4v) is 4.82. The molecule has 3 fully saturated rings. The Labute approximate surface area is 184 Å². The molecule has 0 bridgehead atoms. The standard InChI is InChI=1S/C20H26ClN5O5/c1-10(27)28-18-15-14(30-20(2,3)31-15)13(29-18)9-26-17-12(8-22-26)16(24-19(21)25-17)23-11-6-4-5-7-11/h8,11,13-15,18H,4-7,9H2,1-3H3,(H,23,24,25)/t13-,14+,15+,18?/m1/s1. The van der Waals surface area contributed by atoms with Crippen molar-refractivity contribution in [1.29, 1.82) is 0 Å². The maximum absolute atomic E-state index is 11.5. The summed E-state index contributed by atoms with van der Waals surface area (Å²) in [6, 6.07) is 0.382. The highest BCUT2D eigenvalue weighted by Gasteiger charge is 2.56. The molecule has 3 aliphatic rings. The van der Waals surface area contributed by atoms with Crippen LogP contribution in [-0.4, -0.2) is 62.1 Å². The van der Waals surface area contributed by atoms with Crippen molar-refractivity contribution in [2.45, 2.75) is 89.4 Å². The zero-order chi connectivity index (χ0) is 21.8. The number of rotatable bonds is 5. The van der Waals surface area contributed by atoms with Crippen LogP contribution in [0.3, 0.4) is 0 Å². The van der Waals surface area contributed by atoms with Gasteiger partial charge in [0.1, 0.15) is 18.0 Å². The predicted octanol–water partition coefficient (Wildman–Crippen LogP) is 2.64. The van der Waals surface area contributed by atoms with Gasteiger partial charge in [0.15, 0.2) is 17.5 Å². The van der Waals surface area contributed by atoms with E-state index in [9.17, 15) is 4.79 Å². The SMILES string of the molecule is CC(=O)OC1O[C@H](Cn2ncc3c(NC4CCCC4)nc(Cl)nc32)[C@@H]2OC(C)(C)O[C@H]12. The molecule has 1 saturated carbocycles. The van der Waals surface area contributed by atoms with Crippen LogP contribution >= 0.6 is 11.6 Å². The molecule has 10 nitrogen and oxygen atoms in total. The van der Waals surface area contributed by atoms with E-state index in [1.807, 2.05) is 13.8 Å². The molecule has 1 aliphatic carbocycles. The second kappa shape index (κ2) is 7.84. The summed E-state index contributed by atoms with van der Waals surface area (Å²) in [5.74, 6) is -0.548. The molecule has 168 valence electrons. The maximum Gasteiger partial charge on any atom is 0.305 e. The van der Waals surface area contributed by atoms with E-state index in [4.69, 9.17) is 30.5 Å². The first-order valence-electron chi connectivity index (χ1n) is 10.6. The van der Waals surface area contributed by atoms with E-state index in [0.717, 1.165) is 18.2 Å². The molecule has 4 heterocycles. The van der Waals surface area contributed by atoms with Crippen LogP contribution in [-0.2, 0) is 30.3 Å². The minimum absolute atomic E-state index is 0.152. The average Bonchev–Trinajstić information content (AvgIpc) is 3.43. The third-order valence-corrected chi connectivity index (χ3v) is 6.08. The highest BCUT2D eigenvalue weighted by atomic mass is 35.5. The molecule has 0 amide bonds. The van der Waals surface area contributed by atoms with Crippen molar-refractivity contribution in [3.63, 3.8) is 0 Å². The summed E-state index contributed by atoms with van der Waals surface area (Å²) in [5.41, 5.74) is 0.606. The van der Waals surface area contributed by atoms with Crippen LogP contribution in [0.5, 0.6) is 0 Å². The number of halogens is 1. The minimum Gasteiger partial charge on any atom is -0.433 e. The second-order valence-electron chi connectivity index (χ2n) is 8.75. The lowest BCUT2D eigenvalue weighted by molar-refractivity contribution is -0.232. The lowest BCUT2D eigenvalue weighted by Crippen LogP contribution is -2.33. The van der Waals surface area contributed by atoms with Crippen molar-refractivity contribution in [3.05, 3.63) is 11.5 Å². The Hall–Kier alpha value is -2.01. The number of fused-ring (bicyclic) bond motifs is 2. The summed E-state index contributed by atoms with van der Waals surface area (Å²) in [7, 11) is 0. The van der Waals surface area contributed by atoms with Gasteiger partial charge >= 0.3 is 5.97 Å². The van der Waals surface area contributed by atoms with Crippen LogP contribution in [0.15, 0.2) is 6.20 Å². The Morgan fingerprint density at radius 3 is 2.77 bits per heavy atom. The monoisotopic (exact) mass is 451 g/mol. The number of nitrogens with one attached hydrogen (secondary N) is 1. The number of ether oxygens (including phenoxy) is 4. The van der Waals surface area contributed by atoms with E-state index >= 15 is 0 Å². The molecule has 2 aliphatic heterocycles. The van der Waals surface area contributed by atoms with Gasteiger partial charge in [0.05, 0.1) is 18.1 Å². The van der Waals surface area contributed by atoms with E-state index in [-0.39, 0.29) is 5.28 Å². The van der Waals surface area contributed by atoms with Crippen molar-refractivity contribution in [1.82, 2.24) is 19.7 Å². The highest BCUT2D eigenvalue weighted by molar-refractivity contribution is 6.28. The van der Waals surface area contributed by atoms with Gasteiger partial charge in [-0.2, -0.15) is 15.1 Å². The number of hydrogen-bond acceptors (Lipinski definition) is 9. The van der Waals surface area contributed by atoms with Gasteiger partial charge in [-0.1, -0.05) is 12.8 Å². The van der Waals surface area contributed by atoms with Crippen LogP contribution in [0.25, 0.3) is 11.0 Å². The van der Waals surface area contributed by atoms with Crippen molar-refractivity contribution in [3.8, 4) is 0 Å². The Bertz CT molecular complexity index is 992. The number of nitrogens with zero attached hydrogens (tertiary/aromatic N) is 4. The van der Waals surface area contributed by atoms with Gasteiger partial charge in [-0.3, -0.25) is 4.79 Å². The summed E-state index contributed by atoms with van der Waals surface area (Å²) >= 11 is 6.23. The normalized spacial score (nSPS) is 30.1. The number of carbonyl (C=O) groups is 1. The van der Waals surface area contributed by atoms with Crippen LogP contribution in [0.2, 0.25) is 5.28 Å². The van der Waals surface area contributed by atoms with Crippen molar-refractivity contribution in [2.24, 2.45) is 0 Å². The van der Waals surface area contributed by atoms with Gasteiger partial charge in [0.2, 0.25) is 11.6 Å². The van der Waals surface area contributed by atoms with E-state index < -0.39 is 36.4 Å². The van der Waals surface area contributed by atoms with Crippen LogP contribution in [0.4, 0.5) is 5.82 Å². The molecule has 11 heteroatoms. The summed E-state index contributed by atoms with van der Waals surface area (Å²) < 4.78 is 25.0. The van der Waals surface area contributed by atoms with Gasteiger partial charge in [0, 0.05) is 13.0 Å². The lowest BCUT2D eigenvalue weighted by atomic mass is 10.1. The second-order valence-corrected chi connectivity index (χ2v) is 9.09. The Kier molecular flexibility index (Phi) is 5.28. The van der Waals surface area contributed by atoms with Crippen molar-refractivity contribution < 1.29 is 23.7 Å². The number of carbonyl (C=O) groups excluding carboxylic acids is 1. The molecule has 2 aromatic heterocycles. The zero-order valence-electron chi connectivity index (χ0n) is 17.7. The van der Waals surface area contributed by atoms with Gasteiger partial charge in [0.25, 0.3) is 0 Å². The predicted molar refractivity (Wildman–Crippen MR) is 110 cm³/mol. The third kappa shape index (κ3) is 4.09. The molecule has 31 heavy (non-hydrogen) atoms. The molecule has 2 aromatic rings. The summed E-state index contributed by atoms with van der Waals surface area (Å²) in [6.07, 6.45) is 4.17. The molecule has 2 saturated heterocycles. The maximum atomic E-state index is 11.5. The van der Waals surface area contributed by atoms with Crippen molar-refractivity contribution in [2.75, 3.05) is 5.32 Å². The molecule has 5 rings (SSSR count). The highest BCUT2D eigenvalue weighted by Crippen LogP contribution is 2.40. The van der Waals surface area contributed by atoms with E-state index in [0.29, 0.717) is 24.1 Å². The van der Waals surface area contributed by atoms with E-state index in [1.165, 1.54) is 19.8 Å². The Morgan fingerprint density at radius 1 is 1.29 bits per heavy atom. The van der Waals surface area contributed by atoms with Crippen LogP contribution in [0.1, 0.15) is 46.5 Å². The molecule has 0 spiro atoms. The number of aromatic nitrogens is 4. The van der Waals surface area contributed by atoms with Gasteiger partial charge in [-0.25, -0.2) is 4.68 Å². The fourth-order valence-electron chi connectivity index (χ4n) is 4.65. The van der Waals surface area contributed by atoms with Crippen molar-refractivity contribution >= 4 is 34.4 Å². The largest absolute Gasteiger partial charge is 0.433 e. The fraction of sp³-hybridized carbons (Fsp3) is 0.700. The summed E-state index contributed by atoms with van der Waals surface area (Å²) in [5, 5.41) is 8.94. The third-order valence-electron chi connectivity index (χ3n) is 5.91. The van der Waals surface area contributed by atoms with E-state index in [1.54, 1.807) is 10.9 Å². The lowest BCUT2D eigenvalue weighted by Gasteiger charge is -2.23. The van der Waals surface area contributed by atoms with E-state index in [2.05, 4.69) is 20.4 Å². The number of anilines is 1. The molecule has 1 N–H and O–H groups in total. The summed E-state index contributed by atoms with van der Waals surface area (Å²) in [4.78, 5) is 20.3. The Morgan fingerprint density at radius 2 is 2.03 bits per heavy atom.